The first-order valence-corrected chi connectivity index (χ1v) is 7.71. The summed E-state index contributed by atoms with van der Waals surface area (Å²) in [6.45, 7) is 0. The minimum atomic E-state index is 0.775. The summed E-state index contributed by atoms with van der Waals surface area (Å²) in [6, 6.07) is 23.1. The number of fused-ring (bicyclic) bond motifs is 8. The standard InChI is InChI=1S/C20H12ClN/c21-12-9-10-14-17(11-12)13-5-1-2-6-15(13)20-19(14)16-7-3-4-8-18(16)22-20/h1-11,22H. The topological polar surface area (TPSA) is 15.8 Å². The zero-order valence-electron chi connectivity index (χ0n) is 11.7. The van der Waals surface area contributed by atoms with Gasteiger partial charge >= 0.3 is 0 Å². The molecule has 104 valence electrons. The molecule has 2 heteroatoms. The van der Waals surface area contributed by atoms with Crippen LogP contribution in [0.4, 0.5) is 0 Å². The molecule has 1 aromatic heterocycles. The van der Waals surface area contributed by atoms with Crippen LogP contribution in [0, 0.1) is 0 Å². The van der Waals surface area contributed by atoms with E-state index in [1.807, 2.05) is 6.07 Å². The second kappa shape index (κ2) is 4.25. The fraction of sp³-hybridized carbons (Fsp3) is 0. The highest BCUT2D eigenvalue weighted by molar-refractivity contribution is 6.35. The molecule has 0 fully saturated rings. The van der Waals surface area contributed by atoms with Crippen molar-refractivity contribution in [3.63, 3.8) is 0 Å². The Balaban J connectivity index is 2.23. The molecule has 0 aliphatic rings. The zero-order valence-corrected chi connectivity index (χ0v) is 12.5. The number of nitrogens with one attached hydrogen (secondary N) is 1. The predicted molar refractivity (Wildman–Crippen MR) is 95.8 cm³/mol. The molecule has 5 rings (SSSR count). The van der Waals surface area contributed by atoms with E-state index in [2.05, 4.69) is 65.6 Å². The van der Waals surface area contributed by atoms with Crippen molar-refractivity contribution >= 4 is 55.0 Å². The first-order chi connectivity index (χ1) is 10.8. The summed E-state index contributed by atoms with van der Waals surface area (Å²) in [6.07, 6.45) is 0. The van der Waals surface area contributed by atoms with Gasteiger partial charge in [0.1, 0.15) is 0 Å². The van der Waals surface area contributed by atoms with E-state index in [9.17, 15) is 0 Å². The van der Waals surface area contributed by atoms with Crippen LogP contribution in [-0.2, 0) is 0 Å². The Morgan fingerprint density at radius 3 is 2.23 bits per heavy atom. The smallest absolute Gasteiger partial charge is 0.0551 e. The highest BCUT2D eigenvalue weighted by atomic mass is 35.5. The monoisotopic (exact) mass is 301 g/mol. The molecule has 4 aromatic carbocycles. The number of rotatable bonds is 0. The van der Waals surface area contributed by atoms with Gasteiger partial charge in [0.25, 0.3) is 0 Å². The van der Waals surface area contributed by atoms with Crippen LogP contribution < -0.4 is 0 Å². The Kier molecular flexibility index (Phi) is 2.33. The van der Waals surface area contributed by atoms with E-state index in [4.69, 9.17) is 11.6 Å². The average molecular weight is 302 g/mol. The first-order valence-electron chi connectivity index (χ1n) is 7.33. The zero-order chi connectivity index (χ0) is 14.7. The van der Waals surface area contributed by atoms with Gasteiger partial charge in [0.05, 0.1) is 5.52 Å². The van der Waals surface area contributed by atoms with Crippen LogP contribution >= 0.6 is 11.6 Å². The molecule has 0 saturated heterocycles. The molecule has 0 aliphatic carbocycles. The summed E-state index contributed by atoms with van der Waals surface area (Å²) in [5.41, 5.74) is 2.37. The van der Waals surface area contributed by atoms with E-state index >= 15 is 0 Å². The lowest BCUT2D eigenvalue weighted by atomic mass is 9.97. The van der Waals surface area contributed by atoms with E-state index in [1.54, 1.807) is 0 Å². The summed E-state index contributed by atoms with van der Waals surface area (Å²) in [5, 5.41) is 8.24. The van der Waals surface area contributed by atoms with Gasteiger partial charge in [-0.05, 0) is 34.4 Å². The van der Waals surface area contributed by atoms with Crippen molar-refractivity contribution in [2.24, 2.45) is 0 Å². The summed E-state index contributed by atoms with van der Waals surface area (Å²) in [4.78, 5) is 3.59. The number of halogens is 1. The third kappa shape index (κ3) is 1.49. The molecule has 22 heavy (non-hydrogen) atoms. The lowest BCUT2D eigenvalue weighted by Crippen LogP contribution is -1.81. The van der Waals surface area contributed by atoms with Gasteiger partial charge in [-0.3, -0.25) is 0 Å². The molecule has 1 nitrogen and oxygen atoms in total. The Bertz CT molecular complexity index is 1180. The van der Waals surface area contributed by atoms with E-state index in [-0.39, 0.29) is 0 Å². The molecular formula is C20H12ClN. The molecule has 0 radical (unpaired) electrons. The molecule has 1 N–H and O–H groups in total. The Labute approximate surface area is 132 Å². The van der Waals surface area contributed by atoms with Crippen LogP contribution in [0.15, 0.2) is 66.7 Å². The van der Waals surface area contributed by atoms with Gasteiger partial charge in [-0.1, -0.05) is 60.1 Å². The molecule has 0 bridgehead atoms. The van der Waals surface area contributed by atoms with Gasteiger partial charge in [-0.15, -0.1) is 0 Å². The third-order valence-corrected chi connectivity index (χ3v) is 4.68. The lowest BCUT2D eigenvalue weighted by molar-refractivity contribution is 1.56. The Morgan fingerprint density at radius 1 is 0.636 bits per heavy atom. The van der Waals surface area contributed by atoms with Crippen molar-refractivity contribution in [1.29, 1.82) is 0 Å². The highest BCUT2D eigenvalue weighted by Gasteiger charge is 2.13. The van der Waals surface area contributed by atoms with Crippen molar-refractivity contribution in [1.82, 2.24) is 4.98 Å². The maximum Gasteiger partial charge on any atom is 0.0551 e. The quantitative estimate of drug-likeness (QED) is 0.324. The molecule has 0 amide bonds. The van der Waals surface area contributed by atoms with Crippen LogP contribution in [0.2, 0.25) is 5.02 Å². The van der Waals surface area contributed by atoms with Gasteiger partial charge < -0.3 is 4.98 Å². The third-order valence-electron chi connectivity index (χ3n) is 4.44. The molecule has 1 heterocycles. The number of H-pyrrole nitrogens is 1. The van der Waals surface area contributed by atoms with Gasteiger partial charge in [0.15, 0.2) is 0 Å². The minimum absolute atomic E-state index is 0.775. The highest BCUT2D eigenvalue weighted by Crippen LogP contribution is 2.39. The molecule has 5 aromatic rings. The van der Waals surface area contributed by atoms with Gasteiger partial charge in [-0.2, -0.15) is 0 Å². The molecule has 0 spiro atoms. The fourth-order valence-corrected chi connectivity index (χ4v) is 3.69. The van der Waals surface area contributed by atoms with Crippen LogP contribution in [0.3, 0.4) is 0 Å². The van der Waals surface area contributed by atoms with Crippen molar-refractivity contribution in [3.8, 4) is 0 Å². The molecule has 0 saturated carbocycles. The first kappa shape index (κ1) is 12.1. The molecular weight excluding hydrogens is 290 g/mol. The van der Waals surface area contributed by atoms with Crippen LogP contribution in [0.5, 0.6) is 0 Å². The van der Waals surface area contributed by atoms with Crippen molar-refractivity contribution in [2.45, 2.75) is 0 Å². The van der Waals surface area contributed by atoms with E-state index in [1.165, 1.54) is 43.4 Å². The normalized spacial score (nSPS) is 11.9. The number of benzene rings is 4. The summed E-state index contributed by atoms with van der Waals surface area (Å²) < 4.78 is 0. The summed E-state index contributed by atoms with van der Waals surface area (Å²) >= 11 is 6.25. The minimum Gasteiger partial charge on any atom is -0.354 e. The Morgan fingerprint density at radius 2 is 1.36 bits per heavy atom. The van der Waals surface area contributed by atoms with Crippen LogP contribution in [0.1, 0.15) is 0 Å². The van der Waals surface area contributed by atoms with Crippen molar-refractivity contribution in [2.75, 3.05) is 0 Å². The van der Waals surface area contributed by atoms with E-state index in [0.29, 0.717) is 0 Å². The van der Waals surface area contributed by atoms with E-state index < -0.39 is 0 Å². The van der Waals surface area contributed by atoms with Gasteiger partial charge in [0.2, 0.25) is 0 Å². The largest absolute Gasteiger partial charge is 0.354 e. The number of hydrogen-bond donors (Lipinski definition) is 1. The van der Waals surface area contributed by atoms with Gasteiger partial charge in [-0.25, -0.2) is 0 Å². The SMILES string of the molecule is Clc1ccc2c(c1)c1ccccc1c1[nH]c3ccccc3c21. The molecule has 0 aliphatic heterocycles. The fourth-order valence-electron chi connectivity index (χ4n) is 3.52. The Hall–Kier alpha value is -2.51. The van der Waals surface area contributed by atoms with Crippen molar-refractivity contribution in [3.05, 3.63) is 71.8 Å². The predicted octanol–water partition coefficient (Wildman–Crippen LogP) is 6.28. The lowest BCUT2D eigenvalue weighted by Gasteiger charge is -2.07. The maximum atomic E-state index is 6.25. The summed E-state index contributed by atoms with van der Waals surface area (Å²) in [7, 11) is 0. The second-order valence-corrected chi connectivity index (χ2v) is 6.09. The van der Waals surface area contributed by atoms with Crippen LogP contribution in [-0.4, -0.2) is 4.98 Å². The molecule has 0 atom stereocenters. The number of para-hydroxylation sites is 1. The van der Waals surface area contributed by atoms with Crippen molar-refractivity contribution < 1.29 is 0 Å². The van der Waals surface area contributed by atoms with E-state index in [0.717, 1.165) is 5.02 Å². The number of aromatic nitrogens is 1. The second-order valence-electron chi connectivity index (χ2n) is 5.66. The average Bonchev–Trinajstić information content (AvgIpc) is 2.95. The summed E-state index contributed by atoms with van der Waals surface area (Å²) in [5.74, 6) is 0. The maximum absolute atomic E-state index is 6.25. The molecule has 0 unspecified atom stereocenters. The number of hydrogen-bond acceptors (Lipinski definition) is 0. The van der Waals surface area contributed by atoms with Gasteiger partial charge in [0, 0.05) is 26.7 Å². The number of aromatic amines is 1. The van der Waals surface area contributed by atoms with Crippen LogP contribution in [0.25, 0.3) is 43.4 Å².